The van der Waals surface area contributed by atoms with Gasteiger partial charge in [-0.1, -0.05) is 12.1 Å². The zero-order valence-electron chi connectivity index (χ0n) is 9.27. The summed E-state index contributed by atoms with van der Waals surface area (Å²) in [5, 5.41) is 0. The molecule has 0 atom stereocenters. The molecule has 1 aromatic rings. The van der Waals surface area contributed by atoms with Crippen molar-refractivity contribution in [3.63, 3.8) is 0 Å². The first kappa shape index (κ1) is 11.6. The minimum atomic E-state index is 0.757. The van der Waals surface area contributed by atoms with Gasteiger partial charge in [-0.25, -0.2) is 0 Å². The maximum Gasteiger partial charge on any atom is 0.209 e. The van der Waals surface area contributed by atoms with Gasteiger partial charge < -0.3 is 9.64 Å². The van der Waals surface area contributed by atoms with Crippen LogP contribution in [0.1, 0.15) is 12.5 Å². The number of hydrogen-bond donors (Lipinski definition) is 0. The Balaban J connectivity index is 2.52. The molecular formula is C12H17NO2. The van der Waals surface area contributed by atoms with Crippen molar-refractivity contribution < 1.29 is 9.53 Å². The van der Waals surface area contributed by atoms with Gasteiger partial charge in [-0.15, -0.1) is 0 Å². The summed E-state index contributed by atoms with van der Waals surface area (Å²) in [6.45, 7) is 3.49. The van der Waals surface area contributed by atoms with E-state index in [2.05, 4.69) is 0 Å². The van der Waals surface area contributed by atoms with Crippen LogP contribution in [-0.2, 0) is 11.2 Å². The van der Waals surface area contributed by atoms with Gasteiger partial charge in [0.15, 0.2) is 0 Å². The maximum atomic E-state index is 10.6. The molecule has 0 fully saturated rings. The van der Waals surface area contributed by atoms with E-state index < -0.39 is 0 Å². The number of benzene rings is 1. The number of methoxy groups -OCH3 is 1. The van der Waals surface area contributed by atoms with Gasteiger partial charge in [0, 0.05) is 13.1 Å². The molecule has 0 aromatic heterocycles. The lowest BCUT2D eigenvalue weighted by Crippen LogP contribution is -2.23. The molecule has 1 rings (SSSR count). The highest BCUT2D eigenvalue weighted by atomic mass is 16.5. The molecule has 0 unspecified atom stereocenters. The normalized spacial score (nSPS) is 9.73. The van der Waals surface area contributed by atoms with E-state index in [1.165, 1.54) is 5.56 Å². The Morgan fingerprint density at radius 1 is 1.47 bits per heavy atom. The summed E-state index contributed by atoms with van der Waals surface area (Å²) in [6.07, 6.45) is 1.75. The average Bonchev–Trinajstić information content (AvgIpc) is 2.31. The van der Waals surface area contributed by atoms with Crippen LogP contribution in [0.15, 0.2) is 24.3 Å². The molecule has 3 nitrogen and oxygen atoms in total. The molecule has 0 aliphatic rings. The number of likely N-dealkylation sites (N-methyl/N-ethyl adjacent to an activating group) is 1. The molecule has 0 aliphatic carbocycles. The molecule has 1 amide bonds. The monoisotopic (exact) mass is 207 g/mol. The van der Waals surface area contributed by atoms with Crippen molar-refractivity contribution >= 4 is 6.41 Å². The summed E-state index contributed by atoms with van der Waals surface area (Å²) in [7, 11) is 1.66. The number of hydrogen-bond acceptors (Lipinski definition) is 2. The molecule has 0 N–H and O–H groups in total. The van der Waals surface area contributed by atoms with E-state index in [4.69, 9.17) is 4.74 Å². The van der Waals surface area contributed by atoms with Crippen molar-refractivity contribution in [1.29, 1.82) is 0 Å². The summed E-state index contributed by atoms with van der Waals surface area (Å²) in [4.78, 5) is 12.3. The van der Waals surface area contributed by atoms with E-state index >= 15 is 0 Å². The van der Waals surface area contributed by atoms with E-state index in [0.717, 1.165) is 31.7 Å². The van der Waals surface area contributed by atoms with Crippen LogP contribution in [0.5, 0.6) is 5.75 Å². The van der Waals surface area contributed by atoms with E-state index in [-0.39, 0.29) is 0 Å². The Hall–Kier alpha value is -1.51. The molecule has 3 heteroatoms. The average molecular weight is 207 g/mol. The van der Waals surface area contributed by atoms with Crippen LogP contribution in [0.25, 0.3) is 0 Å². The topological polar surface area (TPSA) is 29.5 Å². The highest BCUT2D eigenvalue weighted by Crippen LogP contribution is 2.12. The molecule has 0 saturated carbocycles. The zero-order chi connectivity index (χ0) is 11.1. The van der Waals surface area contributed by atoms with Gasteiger partial charge >= 0.3 is 0 Å². The van der Waals surface area contributed by atoms with Crippen LogP contribution in [0.2, 0.25) is 0 Å². The second-order valence-electron chi connectivity index (χ2n) is 3.34. The Morgan fingerprint density at radius 2 is 2.27 bits per heavy atom. The molecule has 15 heavy (non-hydrogen) atoms. The molecule has 0 heterocycles. The van der Waals surface area contributed by atoms with Crippen LogP contribution in [-0.4, -0.2) is 31.5 Å². The Morgan fingerprint density at radius 3 is 2.87 bits per heavy atom. The molecule has 1 aromatic carbocycles. The van der Waals surface area contributed by atoms with Gasteiger partial charge in [0.05, 0.1) is 7.11 Å². The van der Waals surface area contributed by atoms with E-state index in [9.17, 15) is 4.79 Å². The molecule has 0 bridgehead atoms. The molecular weight excluding hydrogens is 190 g/mol. The number of carbonyl (C=O) groups excluding carboxylic acids is 1. The number of ether oxygens (including phenoxy) is 1. The smallest absolute Gasteiger partial charge is 0.209 e. The fourth-order valence-electron chi connectivity index (χ4n) is 1.39. The second-order valence-corrected chi connectivity index (χ2v) is 3.34. The van der Waals surface area contributed by atoms with Crippen LogP contribution < -0.4 is 4.74 Å². The summed E-state index contributed by atoms with van der Waals surface area (Å²) in [5.41, 5.74) is 1.19. The summed E-state index contributed by atoms with van der Waals surface area (Å²) in [6, 6.07) is 7.92. The van der Waals surface area contributed by atoms with E-state index in [1.54, 1.807) is 12.0 Å². The summed E-state index contributed by atoms with van der Waals surface area (Å²) >= 11 is 0. The number of rotatable bonds is 6. The van der Waals surface area contributed by atoms with Gasteiger partial charge in [-0.2, -0.15) is 0 Å². The first-order chi connectivity index (χ1) is 7.30. The molecule has 0 radical (unpaired) electrons. The van der Waals surface area contributed by atoms with Gasteiger partial charge in [-0.3, -0.25) is 4.79 Å². The van der Waals surface area contributed by atoms with Gasteiger partial charge in [-0.05, 0) is 31.0 Å². The lowest BCUT2D eigenvalue weighted by Gasteiger charge is -2.14. The second kappa shape index (κ2) is 6.06. The van der Waals surface area contributed by atoms with Crippen molar-refractivity contribution in [3.8, 4) is 5.75 Å². The third-order valence-corrected chi connectivity index (χ3v) is 2.38. The molecule has 0 spiro atoms. The maximum absolute atomic E-state index is 10.6. The zero-order valence-corrected chi connectivity index (χ0v) is 9.27. The van der Waals surface area contributed by atoms with Gasteiger partial charge in [0.25, 0.3) is 0 Å². The first-order valence-corrected chi connectivity index (χ1v) is 5.12. The van der Waals surface area contributed by atoms with Crippen LogP contribution >= 0.6 is 0 Å². The number of nitrogens with zero attached hydrogens (tertiary/aromatic N) is 1. The minimum absolute atomic E-state index is 0.757. The number of amides is 1. The predicted octanol–water partition coefficient (Wildman–Crippen LogP) is 1.72. The Bertz CT molecular complexity index is 312. The van der Waals surface area contributed by atoms with E-state index in [0.29, 0.717) is 0 Å². The van der Waals surface area contributed by atoms with Gasteiger partial charge in [0.2, 0.25) is 6.41 Å². The SMILES string of the molecule is CCN(C=O)CCc1cccc(OC)c1. The fraction of sp³-hybridized carbons (Fsp3) is 0.417. The van der Waals surface area contributed by atoms with Gasteiger partial charge in [0.1, 0.15) is 5.75 Å². The van der Waals surface area contributed by atoms with Crippen LogP contribution in [0.3, 0.4) is 0 Å². The minimum Gasteiger partial charge on any atom is -0.497 e. The Kier molecular flexibility index (Phi) is 4.68. The molecule has 82 valence electrons. The predicted molar refractivity (Wildman–Crippen MR) is 60.0 cm³/mol. The third-order valence-electron chi connectivity index (χ3n) is 2.38. The quantitative estimate of drug-likeness (QED) is 0.665. The lowest BCUT2D eigenvalue weighted by molar-refractivity contribution is -0.117. The first-order valence-electron chi connectivity index (χ1n) is 5.12. The lowest BCUT2D eigenvalue weighted by atomic mass is 10.1. The van der Waals surface area contributed by atoms with Crippen molar-refractivity contribution in [3.05, 3.63) is 29.8 Å². The van der Waals surface area contributed by atoms with Crippen molar-refractivity contribution in [1.82, 2.24) is 4.90 Å². The Labute approximate surface area is 90.7 Å². The molecule has 0 saturated heterocycles. The largest absolute Gasteiger partial charge is 0.497 e. The highest BCUT2D eigenvalue weighted by Gasteiger charge is 2.00. The summed E-state index contributed by atoms with van der Waals surface area (Å²) < 4.78 is 5.13. The molecule has 0 aliphatic heterocycles. The third kappa shape index (κ3) is 3.62. The standard InChI is InChI=1S/C12H17NO2/c1-3-13(10-14)8-7-11-5-4-6-12(9-11)15-2/h4-6,9-10H,3,7-8H2,1-2H3. The van der Waals surface area contributed by atoms with Crippen molar-refractivity contribution in [2.45, 2.75) is 13.3 Å². The van der Waals surface area contributed by atoms with E-state index in [1.807, 2.05) is 31.2 Å². The van der Waals surface area contributed by atoms with Crippen LogP contribution in [0.4, 0.5) is 0 Å². The van der Waals surface area contributed by atoms with Crippen LogP contribution in [0, 0.1) is 0 Å². The van der Waals surface area contributed by atoms with Crippen molar-refractivity contribution in [2.75, 3.05) is 20.2 Å². The highest BCUT2D eigenvalue weighted by molar-refractivity contribution is 5.46. The fourth-order valence-corrected chi connectivity index (χ4v) is 1.39. The number of carbonyl (C=O) groups is 1. The van der Waals surface area contributed by atoms with Crippen molar-refractivity contribution in [2.24, 2.45) is 0 Å². The summed E-state index contributed by atoms with van der Waals surface area (Å²) in [5.74, 6) is 0.863.